The number of rotatable bonds is 14. The van der Waals surface area contributed by atoms with Crippen molar-refractivity contribution >= 4 is 23.9 Å². The summed E-state index contributed by atoms with van der Waals surface area (Å²) in [5.41, 5.74) is 0.560. The molecule has 0 aliphatic heterocycles. The fourth-order valence-electron chi connectivity index (χ4n) is 2.93. The minimum absolute atomic E-state index is 0.0389. The highest BCUT2D eigenvalue weighted by atomic mass is 16.6. The lowest BCUT2D eigenvalue weighted by atomic mass is 9.98. The van der Waals surface area contributed by atoms with Gasteiger partial charge in [-0.25, -0.2) is 0 Å². The normalized spacial score (nSPS) is 14.6. The van der Waals surface area contributed by atoms with E-state index in [1.54, 1.807) is 33.8 Å². The zero-order chi connectivity index (χ0) is 27.6. The number of benzene rings is 1. The van der Waals surface area contributed by atoms with E-state index in [2.05, 4.69) is 5.32 Å². The van der Waals surface area contributed by atoms with Crippen LogP contribution in [0, 0.1) is 23.7 Å². The molecule has 1 aromatic rings. The van der Waals surface area contributed by atoms with Crippen LogP contribution in [0.25, 0.3) is 0 Å². The summed E-state index contributed by atoms with van der Waals surface area (Å²) in [6.45, 7) is 14.6. The maximum absolute atomic E-state index is 12.7. The Balaban J connectivity index is 3.14. The quantitative estimate of drug-likeness (QED) is 0.283. The van der Waals surface area contributed by atoms with Gasteiger partial charge in [0.25, 0.3) is 0 Å². The molecule has 0 aliphatic rings. The summed E-state index contributed by atoms with van der Waals surface area (Å²) >= 11 is 0. The Bertz CT molecular complexity index is 911. The lowest BCUT2D eigenvalue weighted by Crippen LogP contribution is -2.42. The topological polar surface area (TPSA) is 128 Å². The van der Waals surface area contributed by atoms with Crippen LogP contribution in [0.3, 0.4) is 0 Å². The number of carbonyl (C=O) groups is 4. The van der Waals surface area contributed by atoms with Gasteiger partial charge in [-0.1, -0.05) is 54.5 Å². The van der Waals surface area contributed by atoms with Crippen molar-refractivity contribution < 1.29 is 38.5 Å². The molecule has 0 bridgehead atoms. The van der Waals surface area contributed by atoms with Crippen LogP contribution in [0.5, 0.6) is 11.5 Å². The number of ether oxygens (including phenoxy) is 3. The Hall–Kier alpha value is -2.94. The zero-order valence-electron chi connectivity index (χ0n) is 22.6. The first-order valence-electron chi connectivity index (χ1n) is 12.5. The van der Waals surface area contributed by atoms with Crippen LogP contribution in [0.15, 0.2) is 18.2 Å². The van der Waals surface area contributed by atoms with Crippen LogP contribution in [0.1, 0.15) is 67.4 Å². The smallest absolute Gasteiger partial charge is 0.321 e. The molecule has 4 atom stereocenters. The van der Waals surface area contributed by atoms with Crippen molar-refractivity contribution in [3.63, 3.8) is 0 Å². The van der Waals surface area contributed by atoms with Gasteiger partial charge in [0.15, 0.2) is 11.5 Å². The van der Waals surface area contributed by atoms with Gasteiger partial charge >= 0.3 is 23.9 Å². The molecule has 9 nitrogen and oxygen atoms in total. The monoisotopic (exact) mass is 507 g/mol. The molecule has 3 unspecified atom stereocenters. The van der Waals surface area contributed by atoms with E-state index in [0.717, 1.165) is 0 Å². The first-order chi connectivity index (χ1) is 16.8. The summed E-state index contributed by atoms with van der Waals surface area (Å²) in [4.78, 5) is 48.5. The highest BCUT2D eigenvalue weighted by Crippen LogP contribution is 2.31. The van der Waals surface area contributed by atoms with Crippen molar-refractivity contribution in [3.05, 3.63) is 23.8 Å². The number of aliphatic carboxylic acids is 1. The highest BCUT2D eigenvalue weighted by Gasteiger charge is 2.25. The van der Waals surface area contributed by atoms with Crippen molar-refractivity contribution in [1.29, 1.82) is 0 Å². The summed E-state index contributed by atoms with van der Waals surface area (Å²) in [6, 6.07) is 3.67. The molecule has 1 aromatic carbocycles. The summed E-state index contributed by atoms with van der Waals surface area (Å²) in [7, 11) is 0. The molecule has 0 radical (unpaired) electrons. The van der Waals surface area contributed by atoms with Crippen LogP contribution in [-0.2, 0) is 30.3 Å². The van der Waals surface area contributed by atoms with Crippen molar-refractivity contribution in [1.82, 2.24) is 5.32 Å². The minimum atomic E-state index is -1.09. The van der Waals surface area contributed by atoms with E-state index in [1.165, 1.54) is 12.1 Å². The van der Waals surface area contributed by atoms with E-state index in [4.69, 9.17) is 14.2 Å². The van der Waals surface area contributed by atoms with E-state index >= 15 is 0 Å². The molecule has 202 valence electrons. The number of esters is 3. The number of nitrogens with one attached hydrogen (secondary N) is 1. The van der Waals surface area contributed by atoms with Crippen molar-refractivity contribution in [3.8, 4) is 11.5 Å². The summed E-state index contributed by atoms with van der Waals surface area (Å²) in [5, 5.41) is 12.6. The van der Waals surface area contributed by atoms with Gasteiger partial charge in [-0.15, -0.1) is 0 Å². The maximum Gasteiger partial charge on any atom is 0.321 e. The standard InChI is InChI=1S/C27H41NO8/c1-9-24(29)34-17(6)14-28-21(25(30)31)12-20-10-11-22(35-26(32)18(7)15(2)3)23(13-20)36-27(33)19(8)16(4)5/h10-11,13,15-19,21,28H,9,12,14H2,1-8H3,(H,30,31)/t17?,18?,19?,21-/m0/s1. The number of hydrogen-bond donors (Lipinski definition) is 2. The summed E-state index contributed by atoms with van der Waals surface area (Å²) in [5.74, 6) is -2.89. The van der Waals surface area contributed by atoms with Crippen LogP contribution in [0.2, 0.25) is 0 Å². The number of hydrogen-bond acceptors (Lipinski definition) is 8. The van der Waals surface area contributed by atoms with E-state index in [9.17, 15) is 24.3 Å². The van der Waals surface area contributed by atoms with Gasteiger partial charge in [0.1, 0.15) is 12.1 Å². The Morgan fingerprint density at radius 3 is 1.86 bits per heavy atom. The largest absolute Gasteiger partial charge is 0.480 e. The lowest BCUT2D eigenvalue weighted by Gasteiger charge is -2.20. The van der Waals surface area contributed by atoms with Gasteiger partial charge in [-0.05, 0) is 42.9 Å². The molecule has 0 aliphatic carbocycles. The number of carbonyl (C=O) groups excluding carboxylic acids is 3. The second-order valence-corrected chi connectivity index (χ2v) is 9.85. The second-order valence-electron chi connectivity index (χ2n) is 9.85. The van der Waals surface area contributed by atoms with Crippen molar-refractivity contribution in [2.45, 2.75) is 80.4 Å². The molecule has 0 amide bonds. The Labute approximate surface area is 213 Å². The molecule has 0 heterocycles. The molecule has 36 heavy (non-hydrogen) atoms. The average Bonchev–Trinajstić information content (AvgIpc) is 2.81. The van der Waals surface area contributed by atoms with Gasteiger partial charge in [0, 0.05) is 13.0 Å². The third kappa shape index (κ3) is 9.97. The summed E-state index contributed by atoms with van der Waals surface area (Å²) < 4.78 is 16.3. The second kappa shape index (κ2) is 14.6. The molecule has 2 N–H and O–H groups in total. The molecular formula is C27H41NO8. The molecular weight excluding hydrogens is 466 g/mol. The minimum Gasteiger partial charge on any atom is -0.480 e. The Morgan fingerprint density at radius 1 is 0.861 bits per heavy atom. The molecule has 0 fully saturated rings. The van der Waals surface area contributed by atoms with Crippen LogP contribution < -0.4 is 14.8 Å². The first-order valence-corrected chi connectivity index (χ1v) is 12.5. The molecule has 0 aromatic heterocycles. The van der Waals surface area contributed by atoms with Gasteiger partial charge in [0.2, 0.25) is 0 Å². The lowest BCUT2D eigenvalue weighted by molar-refractivity contribution is -0.148. The average molecular weight is 508 g/mol. The van der Waals surface area contributed by atoms with Gasteiger partial charge in [0.05, 0.1) is 11.8 Å². The van der Waals surface area contributed by atoms with E-state index in [1.807, 2.05) is 27.7 Å². The number of carboxylic acids is 1. The van der Waals surface area contributed by atoms with Crippen LogP contribution in [-0.4, -0.2) is 47.7 Å². The third-order valence-electron chi connectivity index (χ3n) is 6.18. The maximum atomic E-state index is 12.7. The predicted molar refractivity (Wildman–Crippen MR) is 135 cm³/mol. The molecule has 0 saturated heterocycles. The Kier molecular flexibility index (Phi) is 12.6. The van der Waals surface area contributed by atoms with E-state index in [-0.39, 0.29) is 54.6 Å². The fraction of sp³-hybridized carbons (Fsp3) is 0.630. The van der Waals surface area contributed by atoms with Gasteiger partial charge in [-0.2, -0.15) is 0 Å². The van der Waals surface area contributed by atoms with E-state index < -0.39 is 36.0 Å². The first kappa shape index (κ1) is 31.1. The number of carboxylic acid groups (broad SMARTS) is 1. The highest BCUT2D eigenvalue weighted by molar-refractivity contribution is 5.79. The van der Waals surface area contributed by atoms with Crippen LogP contribution >= 0.6 is 0 Å². The fourth-order valence-corrected chi connectivity index (χ4v) is 2.93. The molecule has 0 spiro atoms. The third-order valence-corrected chi connectivity index (χ3v) is 6.18. The van der Waals surface area contributed by atoms with Crippen molar-refractivity contribution in [2.24, 2.45) is 23.7 Å². The summed E-state index contributed by atoms with van der Waals surface area (Å²) in [6.07, 6.45) is -0.209. The van der Waals surface area contributed by atoms with Gasteiger partial charge < -0.3 is 24.6 Å². The Morgan fingerprint density at radius 2 is 1.39 bits per heavy atom. The molecule has 0 saturated carbocycles. The SMILES string of the molecule is CCC(=O)OC(C)CN[C@@H](Cc1ccc(OC(=O)C(C)C(C)C)c(OC(=O)C(C)C(C)C)c1)C(=O)O. The van der Waals surface area contributed by atoms with Crippen molar-refractivity contribution in [2.75, 3.05) is 6.54 Å². The van der Waals surface area contributed by atoms with E-state index in [0.29, 0.717) is 5.56 Å². The molecule has 9 heteroatoms. The van der Waals surface area contributed by atoms with Crippen LogP contribution in [0.4, 0.5) is 0 Å². The predicted octanol–water partition coefficient (Wildman–Crippen LogP) is 4.01. The zero-order valence-corrected chi connectivity index (χ0v) is 22.6. The molecule has 1 rings (SSSR count). The van der Waals surface area contributed by atoms with Gasteiger partial charge in [-0.3, -0.25) is 19.2 Å².